The maximum Gasteiger partial charge on any atom is 0.249 e. The lowest BCUT2D eigenvalue weighted by molar-refractivity contribution is -0.126. The summed E-state index contributed by atoms with van der Waals surface area (Å²) < 4.78 is 6.15. The zero-order valence-corrected chi connectivity index (χ0v) is 14.6. The number of fused-ring (bicyclic) bond motifs is 1. The van der Waals surface area contributed by atoms with E-state index < -0.39 is 6.04 Å². The Balaban J connectivity index is 1.77. The van der Waals surface area contributed by atoms with Gasteiger partial charge < -0.3 is 15.4 Å². The molecular formula is C17H21N3O3S. The van der Waals surface area contributed by atoms with Crippen LogP contribution in [0.1, 0.15) is 32.6 Å². The van der Waals surface area contributed by atoms with E-state index in [1.165, 1.54) is 18.3 Å². The monoisotopic (exact) mass is 347 g/mol. The highest BCUT2D eigenvalue weighted by Gasteiger charge is 2.31. The van der Waals surface area contributed by atoms with Gasteiger partial charge in [-0.25, -0.2) is 4.98 Å². The number of nitrogens with one attached hydrogen (secondary N) is 2. The summed E-state index contributed by atoms with van der Waals surface area (Å²) in [6, 6.07) is 5.10. The number of benzene rings is 1. The lowest BCUT2D eigenvalue weighted by Crippen LogP contribution is -2.47. The smallest absolute Gasteiger partial charge is 0.249 e. The Morgan fingerprint density at radius 1 is 1.33 bits per heavy atom. The quantitative estimate of drug-likeness (QED) is 0.871. The van der Waals surface area contributed by atoms with Crippen molar-refractivity contribution in [3.8, 4) is 5.75 Å². The summed E-state index contributed by atoms with van der Waals surface area (Å²) in [4.78, 5) is 28.5. The number of methoxy groups -OCH3 is 1. The van der Waals surface area contributed by atoms with Crippen LogP contribution in [0.5, 0.6) is 5.75 Å². The molecule has 0 radical (unpaired) electrons. The maximum atomic E-state index is 12.7. The molecule has 0 spiro atoms. The standard InChI is InChI=1S/C17H21N3O3S/c1-10(21)18-15(11-5-3-4-6-11)16(22)20-17-19-13-8-7-12(23-2)9-14(13)24-17/h7-9,11,15H,3-6H2,1-2H3,(H,18,21)(H,19,20,22). The van der Waals surface area contributed by atoms with Crippen LogP contribution < -0.4 is 15.4 Å². The number of carbonyl (C=O) groups is 2. The molecule has 1 aliphatic carbocycles. The van der Waals surface area contributed by atoms with Crippen molar-refractivity contribution in [3.63, 3.8) is 0 Å². The molecular weight excluding hydrogens is 326 g/mol. The Hall–Kier alpha value is -2.15. The summed E-state index contributed by atoms with van der Waals surface area (Å²) in [6.07, 6.45) is 4.15. The van der Waals surface area contributed by atoms with Crippen molar-refractivity contribution in [1.29, 1.82) is 0 Å². The van der Waals surface area contributed by atoms with Gasteiger partial charge in [-0.15, -0.1) is 0 Å². The van der Waals surface area contributed by atoms with Gasteiger partial charge in [-0.2, -0.15) is 0 Å². The first kappa shape index (κ1) is 16.7. The van der Waals surface area contributed by atoms with E-state index in [4.69, 9.17) is 4.74 Å². The molecule has 1 aromatic heterocycles. The molecule has 1 fully saturated rings. The molecule has 0 saturated heterocycles. The van der Waals surface area contributed by atoms with Gasteiger partial charge in [0.1, 0.15) is 11.8 Å². The normalized spacial score (nSPS) is 16.1. The van der Waals surface area contributed by atoms with Gasteiger partial charge in [0.2, 0.25) is 11.8 Å². The molecule has 3 rings (SSSR count). The summed E-state index contributed by atoms with van der Waals surface area (Å²) >= 11 is 1.40. The molecule has 1 aromatic carbocycles. The van der Waals surface area contributed by atoms with Gasteiger partial charge >= 0.3 is 0 Å². The Morgan fingerprint density at radius 3 is 2.75 bits per heavy atom. The van der Waals surface area contributed by atoms with Crippen LogP contribution in [0, 0.1) is 5.92 Å². The maximum absolute atomic E-state index is 12.7. The fourth-order valence-corrected chi connectivity index (χ4v) is 4.07. The van der Waals surface area contributed by atoms with Gasteiger partial charge in [-0.1, -0.05) is 24.2 Å². The fraction of sp³-hybridized carbons (Fsp3) is 0.471. The molecule has 1 heterocycles. The number of thiazole rings is 1. The molecule has 128 valence electrons. The van der Waals surface area contributed by atoms with Gasteiger partial charge in [0, 0.05) is 6.92 Å². The zero-order valence-electron chi connectivity index (χ0n) is 13.8. The third-order valence-electron chi connectivity index (χ3n) is 4.34. The third kappa shape index (κ3) is 3.67. The van der Waals surface area contributed by atoms with Crippen molar-refractivity contribution >= 4 is 38.5 Å². The number of hydrogen-bond donors (Lipinski definition) is 2. The number of aromatic nitrogens is 1. The molecule has 2 N–H and O–H groups in total. The van der Waals surface area contributed by atoms with Crippen LogP contribution >= 0.6 is 11.3 Å². The minimum atomic E-state index is -0.494. The van der Waals surface area contributed by atoms with Crippen LogP contribution in [0.3, 0.4) is 0 Å². The number of hydrogen-bond acceptors (Lipinski definition) is 5. The number of nitrogens with zero attached hydrogens (tertiary/aromatic N) is 1. The molecule has 2 aromatic rings. The minimum Gasteiger partial charge on any atom is -0.497 e. The molecule has 6 nitrogen and oxygen atoms in total. The lowest BCUT2D eigenvalue weighted by atomic mass is 9.97. The Morgan fingerprint density at radius 2 is 2.08 bits per heavy atom. The van der Waals surface area contributed by atoms with Crippen LogP contribution in [0.2, 0.25) is 0 Å². The highest BCUT2D eigenvalue weighted by Crippen LogP contribution is 2.31. The summed E-state index contributed by atoms with van der Waals surface area (Å²) in [7, 11) is 1.62. The number of ether oxygens (including phenoxy) is 1. The fourth-order valence-electron chi connectivity index (χ4n) is 3.18. The second-order valence-electron chi connectivity index (χ2n) is 6.06. The summed E-state index contributed by atoms with van der Waals surface area (Å²) in [6.45, 7) is 1.44. The van der Waals surface area contributed by atoms with E-state index in [9.17, 15) is 9.59 Å². The van der Waals surface area contributed by atoms with E-state index in [0.29, 0.717) is 5.13 Å². The first-order valence-corrected chi connectivity index (χ1v) is 8.91. The van der Waals surface area contributed by atoms with E-state index >= 15 is 0 Å². The average Bonchev–Trinajstić information content (AvgIpc) is 3.20. The van der Waals surface area contributed by atoms with Crippen LogP contribution in [0.25, 0.3) is 10.2 Å². The third-order valence-corrected chi connectivity index (χ3v) is 5.27. The highest BCUT2D eigenvalue weighted by molar-refractivity contribution is 7.22. The average molecular weight is 347 g/mol. The second kappa shape index (κ2) is 7.17. The zero-order chi connectivity index (χ0) is 17.1. The first-order chi connectivity index (χ1) is 11.6. The summed E-state index contributed by atoms with van der Waals surface area (Å²) in [5.74, 6) is 0.577. The van der Waals surface area contributed by atoms with Gasteiger partial charge in [0.05, 0.1) is 17.3 Å². The number of amides is 2. The first-order valence-electron chi connectivity index (χ1n) is 8.09. The van der Waals surface area contributed by atoms with Crippen LogP contribution in [0.4, 0.5) is 5.13 Å². The Kier molecular flexibility index (Phi) is 4.99. The highest BCUT2D eigenvalue weighted by atomic mass is 32.1. The lowest BCUT2D eigenvalue weighted by Gasteiger charge is -2.22. The molecule has 1 aliphatic rings. The molecule has 24 heavy (non-hydrogen) atoms. The molecule has 1 saturated carbocycles. The number of carbonyl (C=O) groups excluding carboxylic acids is 2. The van der Waals surface area contributed by atoms with Crippen molar-refractivity contribution in [3.05, 3.63) is 18.2 Å². The molecule has 7 heteroatoms. The largest absolute Gasteiger partial charge is 0.497 e. The van der Waals surface area contributed by atoms with E-state index in [-0.39, 0.29) is 17.7 Å². The van der Waals surface area contributed by atoms with Gasteiger partial charge in [-0.05, 0) is 37.0 Å². The van der Waals surface area contributed by atoms with Gasteiger partial charge in [-0.3, -0.25) is 9.59 Å². The van der Waals surface area contributed by atoms with E-state index in [1.807, 2.05) is 18.2 Å². The number of anilines is 1. The molecule has 1 unspecified atom stereocenters. The Labute approximate surface area is 144 Å². The van der Waals surface area contributed by atoms with E-state index in [0.717, 1.165) is 41.6 Å². The van der Waals surface area contributed by atoms with Gasteiger partial charge in [0.15, 0.2) is 5.13 Å². The molecule has 0 bridgehead atoms. The van der Waals surface area contributed by atoms with Gasteiger partial charge in [0.25, 0.3) is 0 Å². The van der Waals surface area contributed by atoms with Crippen molar-refractivity contribution < 1.29 is 14.3 Å². The van der Waals surface area contributed by atoms with E-state index in [2.05, 4.69) is 15.6 Å². The van der Waals surface area contributed by atoms with Crippen LogP contribution in [0.15, 0.2) is 18.2 Å². The molecule has 1 atom stereocenters. The predicted molar refractivity (Wildman–Crippen MR) is 94.4 cm³/mol. The summed E-state index contributed by atoms with van der Waals surface area (Å²) in [5.41, 5.74) is 0.813. The van der Waals surface area contributed by atoms with Crippen molar-refractivity contribution in [2.75, 3.05) is 12.4 Å². The summed E-state index contributed by atoms with van der Waals surface area (Å²) in [5, 5.41) is 6.20. The molecule has 2 amide bonds. The van der Waals surface area contributed by atoms with Crippen molar-refractivity contribution in [2.24, 2.45) is 5.92 Å². The Bertz CT molecular complexity index is 753. The minimum absolute atomic E-state index is 0.184. The SMILES string of the molecule is COc1ccc2nc(NC(=O)C(NC(C)=O)C3CCCC3)sc2c1. The number of rotatable bonds is 5. The second-order valence-corrected chi connectivity index (χ2v) is 7.10. The molecule has 0 aliphatic heterocycles. The topological polar surface area (TPSA) is 80.3 Å². The van der Waals surface area contributed by atoms with Crippen LogP contribution in [-0.4, -0.2) is 29.9 Å². The van der Waals surface area contributed by atoms with Crippen LogP contribution in [-0.2, 0) is 9.59 Å². The predicted octanol–water partition coefficient (Wildman–Crippen LogP) is 2.94. The van der Waals surface area contributed by atoms with Crippen molar-refractivity contribution in [1.82, 2.24) is 10.3 Å². The van der Waals surface area contributed by atoms with E-state index in [1.54, 1.807) is 7.11 Å². The van der Waals surface area contributed by atoms with Crippen molar-refractivity contribution in [2.45, 2.75) is 38.6 Å².